The zero-order chi connectivity index (χ0) is 12.1. The topological polar surface area (TPSA) is 29.1 Å². The van der Waals surface area contributed by atoms with E-state index in [0.717, 1.165) is 0 Å². The maximum Gasteiger partial charge on any atom is 0.251 e. The summed E-state index contributed by atoms with van der Waals surface area (Å²) in [5, 5.41) is 2.68. The molecule has 0 aliphatic rings. The first kappa shape index (κ1) is 13.3. The molecule has 2 nitrogen and oxygen atoms in total. The maximum atomic E-state index is 12.9. The molecule has 0 aliphatic carbocycles. The van der Waals surface area contributed by atoms with Gasteiger partial charge in [0, 0.05) is 17.5 Å². The van der Waals surface area contributed by atoms with Crippen LogP contribution in [0.25, 0.3) is 0 Å². The minimum absolute atomic E-state index is 0.0196. The van der Waals surface area contributed by atoms with Crippen molar-refractivity contribution in [1.29, 1.82) is 0 Å². The molecule has 88 valence electrons. The van der Waals surface area contributed by atoms with Crippen molar-refractivity contribution >= 4 is 29.1 Å². The van der Waals surface area contributed by atoms with Crippen molar-refractivity contribution in [1.82, 2.24) is 5.32 Å². The Morgan fingerprint density at radius 3 is 2.81 bits per heavy atom. The van der Waals surface area contributed by atoms with Crippen LogP contribution in [0.2, 0.25) is 5.02 Å². The molecule has 0 spiro atoms. The highest BCUT2D eigenvalue weighted by atomic mass is 35.5. The highest BCUT2D eigenvalue weighted by Gasteiger charge is 2.11. The minimum atomic E-state index is -0.535. The van der Waals surface area contributed by atoms with Crippen molar-refractivity contribution < 1.29 is 9.18 Å². The monoisotopic (exact) mass is 263 g/mol. The van der Waals surface area contributed by atoms with Crippen molar-refractivity contribution in [3.63, 3.8) is 0 Å². The van der Waals surface area contributed by atoms with E-state index in [2.05, 4.69) is 5.32 Å². The second kappa shape index (κ2) is 6.06. The fourth-order valence-electron chi connectivity index (χ4n) is 1.18. The second-order valence-corrected chi connectivity index (χ2v) is 4.27. The number of halogens is 3. The van der Waals surface area contributed by atoms with E-state index in [1.165, 1.54) is 18.2 Å². The summed E-state index contributed by atoms with van der Waals surface area (Å²) in [5.74, 6) is -0.336. The van der Waals surface area contributed by atoms with E-state index in [1.807, 2.05) is 6.92 Å². The Morgan fingerprint density at radius 2 is 2.25 bits per heavy atom. The molecule has 1 amide bonds. The van der Waals surface area contributed by atoms with Crippen LogP contribution in [0.3, 0.4) is 0 Å². The summed E-state index contributed by atoms with van der Waals surface area (Å²) in [6.45, 7) is 1.85. The summed E-state index contributed by atoms with van der Waals surface area (Å²) in [5.41, 5.74) is 0.341. The summed E-state index contributed by atoms with van der Waals surface area (Å²) < 4.78 is 12.9. The molecule has 0 saturated carbocycles. The van der Waals surface area contributed by atoms with Gasteiger partial charge >= 0.3 is 0 Å². The summed E-state index contributed by atoms with van der Waals surface area (Å²) in [7, 11) is 0. The van der Waals surface area contributed by atoms with Gasteiger partial charge in [0.15, 0.2) is 0 Å². The smallest absolute Gasteiger partial charge is 0.251 e. The van der Waals surface area contributed by atoms with Crippen LogP contribution >= 0.6 is 23.2 Å². The number of hydrogen-bond acceptors (Lipinski definition) is 1. The number of nitrogens with one attached hydrogen (secondary N) is 1. The van der Waals surface area contributed by atoms with Gasteiger partial charge in [-0.15, -0.1) is 11.6 Å². The Balaban J connectivity index is 2.69. The number of carbonyl (C=O) groups excluding carboxylic acids is 1. The number of rotatable bonds is 4. The van der Waals surface area contributed by atoms with Gasteiger partial charge in [0.2, 0.25) is 0 Å². The van der Waals surface area contributed by atoms with Crippen molar-refractivity contribution in [3.8, 4) is 0 Å². The van der Waals surface area contributed by atoms with Crippen LogP contribution < -0.4 is 5.32 Å². The molecular formula is C11H12Cl2FNO. The lowest BCUT2D eigenvalue weighted by Crippen LogP contribution is -2.32. The van der Waals surface area contributed by atoms with E-state index >= 15 is 0 Å². The molecule has 0 aliphatic heterocycles. The Bertz CT molecular complexity index is 384. The number of amides is 1. The average Bonchev–Trinajstić information content (AvgIpc) is 2.22. The van der Waals surface area contributed by atoms with Gasteiger partial charge in [-0.1, -0.05) is 11.6 Å². The van der Waals surface area contributed by atoms with E-state index in [9.17, 15) is 9.18 Å². The molecule has 0 fully saturated rings. The van der Waals surface area contributed by atoms with Gasteiger partial charge in [-0.05, 0) is 31.5 Å². The van der Waals surface area contributed by atoms with Crippen LogP contribution in [0.1, 0.15) is 23.7 Å². The quantitative estimate of drug-likeness (QED) is 0.831. The fourth-order valence-corrected chi connectivity index (χ4v) is 1.69. The molecule has 5 heteroatoms. The van der Waals surface area contributed by atoms with E-state index < -0.39 is 5.82 Å². The lowest BCUT2D eigenvalue weighted by atomic mass is 10.2. The zero-order valence-electron chi connectivity index (χ0n) is 8.77. The largest absolute Gasteiger partial charge is 0.350 e. The third-order valence-electron chi connectivity index (χ3n) is 2.10. The number of hydrogen-bond donors (Lipinski definition) is 1. The Kier molecular flexibility index (Phi) is 5.03. The predicted octanol–water partition coefficient (Wildman–Crippen LogP) is 3.23. The van der Waals surface area contributed by atoms with Crippen LogP contribution in [-0.4, -0.2) is 17.8 Å². The van der Waals surface area contributed by atoms with Crippen LogP contribution in [0, 0.1) is 5.82 Å². The Morgan fingerprint density at radius 1 is 1.56 bits per heavy atom. The van der Waals surface area contributed by atoms with Crippen LogP contribution in [0.5, 0.6) is 0 Å². The highest BCUT2D eigenvalue weighted by Crippen LogP contribution is 2.16. The second-order valence-electron chi connectivity index (χ2n) is 3.48. The lowest BCUT2D eigenvalue weighted by Gasteiger charge is -2.12. The molecule has 1 aromatic rings. The molecular weight excluding hydrogens is 252 g/mol. The van der Waals surface area contributed by atoms with Crippen molar-refractivity contribution in [3.05, 3.63) is 34.6 Å². The third-order valence-corrected chi connectivity index (χ3v) is 2.61. The fraction of sp³-hybridized carbons (Fsp3) is 0.364. The van der Waals surface area contributed by atoms with Crippen LogP contribution in [0.4, 0.5) is 4.39 Å². The van der Waals surface area contributed by atoms with Gasteiger partial charge in [0.05, 0.1) is 5.02 Å². The predicted molar refractivity (Wildman–Crippen MR) is 63.7 cm³/mol. The van der Waals surface area contributed by atoms with Crippen LogP contribution in [-0.2, 0) is 0 Å². The van der Waals surface area contributed by atoms with Gasteiger partial charge in [0.25, 0.3) is 5.91 Å². The lowest BCUT2D eigenvalue weighted by molar-refractivity contribution is 0.0939. The van der Waals surface area contributed by atoms with E-state index in [4.69, 9.17) is 23.2 Å². The van der Waals surface area contributed by atoms with Gasteiger partial charge in [-0.25, -0.2) is 4.39 Å². The Hall–Kier alpha value is -0.800. The summed E-state index contributed by atoms with van der Waals surface area (Å²) >= 11 is 11.1. The van der Waals surface area contributed by atoms with Gasteiger partial charge in [-0.3, -0.25) is 4.79 Å². The summed E-state index contributed by atoms with van der Waals surface area (Å²) in [4.78, 5) is 11.7. The molecule has 1 atom stereocenters. The molecule has 0 radical (unpaired) electrons. The molecule has 0 aromatic heterocycles. The first-order chi connectivity index (χ1) is 7.54. The highest BCUT2D eigenvalue weighted by molar-refractivity contribution is 6.31. The molecule has 1 unspecified atom stereocenters. The molecule has 1 rings (SSSR count). The van der Waals surface area contributed by atoms with Crippen molar-refractivity contribution in [2.24, 2.45) is 0 Å². The van der Waals surface area contributed by atoms with E-state index in [1.54, 1.807) is 0 Å². The minimum Gasteiger partial charge on any atom is -0.350 e. The van der Waals surface area contributed by atoms with E-state index in [0.29, 0.717) is 17.9 Å². The molecule has 1 N–H and O–H groups in total. The summed E-state index contributed by atoms with van der Waals surface area (Å²) in [6.07, 6.45) is 0.683. The summed E-state index contributed by atoms with van der Waals surface area (Å²) in [6, 6.07) is 3.85. The van der Waals surface area contributed by atoms with Gasteiger partial charge < -0.3 is 5.32 Å². The normalized spacial score (nSPS) is 12.2. The number of benzene rings is 1. The average molecular weight is 264 g/mol. The SMILES string of the molecule is CC(CCCl)NC(=O)c1ccc(F)c(Cl)c1. The first-order valence-corrected chi connectivity index (χ1v) is 5.77. The van der Waals surface area contributed by atoms with Crippen molar-refractivity contribution in [2.75, 3.05) is 5.88 Å². The van der Waals surface area contributed by atoms with Gasteiger partial charge in [-0.2, -0.15) is 0 Å². The van der Waals surface area contributed by atoms with Crippen molar-refractivity contribution in [2.45, 2.75) is 19.4 Å². The third kappa shape index (κ3) is 3.65. The first-order valence-electron chi connectivity index (χ1n) is 4.86. The standard InChI is InChI=1S/C11H12Cl2FNO/c1-7(4-5-12)15-11(16)8-2-3-10(14)9(13)6-8/h2-3,6-7H,4-5H2,1H3,(H,15,16). The van der Waals surface area contributed by atoms with Crippen LogP contribution in [0.15, 0.2) is 18.2 Å². The maximum absolute atomic E-state index is 12.9. The van der Waals surface area contributed by atoms with Gasteiger partial charge in [0.1, 0.15) is 5.82 Å². The Labute approximate surface area is 104 Å². The molecule has 1 aromatic carbocycles. The molecule has 0 saturated heterocycles. The molecule has 0 heterocycles. The molecule has 0 bridgehead atoms. The number of alkyl halides is 1. The van der Waals surface area contributed by atoms with E-state index in [-0.39, 0.29) is 17.0 Å². The molecule has 16 heavy (non-hydrogen) atoms. The zero-order valence-corrected chi connectivity index (χ0v) is 10.3. The number of carbonyl (C=O) groups is 1.